The van der Waals surface area contributed by atoms with Gasteiger partial charge in [0.2, 0.25) is 11.8 Å². The van der Waals surface area contributed by atoms with E-state index < -0.39 is 6.04 Å². The molecule has 0 aromatic rings. The molecular weight excluding hydrogens is 222 g/mol. The van der Waals surface area contributed by atoms with Gasteiger partial charge in [-0.15, -0.1) is 0 Å². The van der Waals surface area contributed by atoms with Crippen molar-refractivity contribution in [3.05, 3.63) is 0 Å². The van der Waals surface area contributed by atoms with Gasteiger partial charge in [-0.1, -0.05) is 0 Å². The Labute approximate surface area is 102 Å². The lowest BCUT2D eigenvalue weighted by molar-refractivity contribution is -0.145. The standard InChI is InChI=1S/C11H21N3O3/c1-9-11(16)12-8-10(15)14(9)5-7-17-6-4-13(2)3/h9H,4-8H2,1-3H3,(H,12,16). The molecule has 17 heavy (non-hydrogen) atoms. The first kappa shape index (κ1) is 13.9. The second-order valence-corrected chi connectivity index (χ2v) is 4.40. The molecule has 6 nitrogen and oxygen atoms in total. The topological polar surface area (TPSA) is 61.9 Å². The quantitative estimate of drug-likeness (QED) is 0.602. The molecule has 0 aromatic heterocycles. The third-order valence-electron chi connectivity index (χ3n) is 2.74. The van der Waals surface area contributed by atoms with Crippen LogP contribution in [0.5, 0.6) is 0 Å². The van der Waals surface area contributed by atoms with Crippen LogP contribution in [0.3, 0.4) is 0 Å². The van der Waals surface area contributed by atoms with E-state index in [1.165, 1.54) is 0 Å². The molecule has 0 aliphatic carbocycles. The Kier molecular flexibility index (Phi) is 5.37. The summed E-state index contributed by atoms with van der Waals surface area (Å²) in [7, 11) is 3.95. The third kappa shape index (κ3) is 4.32. The normalized spacial score (nSPS) is 20.9. The predicted molar refractivity (Wildman–Crippen MR) is 63.6 cm³/mol. The highest BCUT2D eigenvalue weighted by molar-refractivity contribution is 5.94. The number of nitrogens with zero attached hydrogens (tertiary/aromatic N) is 2. The zero-order chi connectivity index (χ0) is 12.8. The fraction of sp³-hybridized carbons (Fsp3) is 0.818. The molecule has 6 heteroatoms. The third-order valence-corrected chi connectivity index (χ3v) is 2.74. The predicted octanol–water partition coefficient (Wildman–Crippen LogP) is -1.09. The molecule has 1 atom stereocenters. The van der Waals surface area contributed by atoms with E-state index in [1.807, 2.05) is 19.0 Å². The highest BCUT2D eigenvalue weighted by Gasteiger charge is 2.30. The van der Waals surface area contributed by atoms with Gasteiger partial charge >= 0.3 is 0 Å². The number of hydrogen-bond acceptors (Lipinski definition) is 4. The summed E-state index contributed by atoms with van der Waals surface area (Å²) in [5.41, 5.74) is 0. The van der Waals surface area contributed by atoms with Gasteiger partial charge in [-0.25, -0.2) is 0 Å². The van der Waals surface area contributed by atoms with E-state index >= 15 is 0 Å². The summed E-state index contributed by atoms with van der Waals surface area (Å²) >= 11 is 0. The first-order chi connectivity index (χ1) is 8.02. The molecule has 0 bridgehead atoms. The Morgan fingerprint density at radius 1 is 1.41 bits per heavy atom. The van der Waals surface area contributed by atoms with Gasteiger partial charge in [0.25, 0.3) is 0 Å². The first-order valence-corrected chi connectivity index (χ1v) is 5.82. The second kappa shape index (κ2) is 6.56. The molecule has 1 saturated heterocycles. The van der Waals surface area contributed by atoms with Gasteiger partial charge in [0, 0.05) is 13.1 Å². The fourth-order valence-corrected chi connectivity index (χ4v) is 1.60. The number of carbonyl (C=O) groups excluding carboxylic acids is 2. The molecular formula is C11H21N3O3. The van der Waals surface area contributed by atoms with E-state index in [2.05, 4.69) is 5.32 Å². The maximum absolute atomic E-state index is 11.6. The van der Waals surface area contributed by atoms with Gasteiger partial charge in [0.1, 0.15) is 6.04 Å². The van der Waals surface area contributed by atoms with Crippen molar-refractivity contribution in [1.82, 2.24) is 15.1 Å². The van der Waals surface area contributed by atoms with Crippen LogP contribution in [0.1, 0.15) is 6.92 Å². The Morgan fingerprint density at radius 2 is 2.12 bits per heavy atom. The van der Waals surface area contributed by atoms with E-state index in [-0.39, 0.29) is 18.4 Å². The number of ether oxygens (including phenoxy) is 1. The average Bonchev–Trinajstić information content (AvgIpc) is 2.27. The summed E-state index contributed by atoms with van der Waals surface area (Å²) < 4.78 is 5.41. The largest absolute Gasteiger partial charge is 0.378 e. The van der Waals surface area contributed by atoms with Crippen LogP contribution in [0.4, 0.5) is 0 Å². The summed E-state index contributed by atoms with van der Waals surface area (Å²) in [6.45, 7) is 4.25. The summed E-state index contributed by atoms with van der Waals surface area (Å²) in [5.74, 6) is -0.147. The minimum atomic E-state index is -0.395. The fourth-order valence-electron chi connectivity index (χ4n) is 1.60. The van der Waals surface area contributed by atoms with Crippen molar-refractivity contribution in [2.75, 3.05) is 46.9 Å². The maximum atomic E-state index is 11.6. The van der Waals surface area contributed by atoms with Crippen molar-refractivity contribution in [3.63, 3.8) is 0 Å². The van der Waals surface area contributed by atoms with Gasteiger partial charge < -0.3 is 19.9 Å². The van der Waals surface area contributed by atoms with Crippen molar-refractivity contribution in [2.24, 2.45) is 0 Å². The SMILES string of the molecule is CC1C(=O)NCC(=O)N1CCOCCN(C)C. The van der Waals surface area contributed by atoms with E-state index in [9.17, 15) is 9.59 Å². The molecule has 0 aromatic carbocycles. The minimum Gasteiger partial charge on any atom is -0.378 e. The number of carbonyl (C=O) groups is 2. The minimum absolute atomic E-state index is 0.0479. The van der Waals surface area contributed by atoms with Crippen molar-refractivity contribution in [1.29, 1.82) is 0 Å². The monoisotopic (exact) mass is 243 g/mol. The lowest BCUT2D eigenvalue weighted by Crippen LogP contribution is -2.57. The van der Waals surface area contributed by atoms with Crippen LogP contribution in [-0.4, -0.2) is 74.6 Å². The Hall–Kier alpha value is -1.14. The molecule has 1 unspecified atom stereocenters. The van der Waals surface area contributed by atoms with Crippen LogP contribution in [-0.2, 0) is 14.3 Å². The van der Waals surface area contributed by atoms with Gasteiger partial charge in [0.15, 0.2) is 0 Å². The van der Waals surface area contributed by atoms with Crippen LogP contribution in [0, 0.1) is 0 Å². The number of amides is 2. The number of piperazine rings is 1. The molecule has 1 N–H and O–H groups in total. The zero-order valence-electron chi connectivity index (χ0n) is 10.7. The Balaban J connectivity index is 2.24. The molecule has 0 saturated carbocycles. The van der Waals surface area contributed by atoms with Gasteiger partial charge in [-0.05, 0) is 21.0 Å². The number of hydrogen-bond donors (Lipinski definition) is 1. The van der Waals surface area contributed by atoms with Crippen LogP contribution in [0.2, 0.25) is 0 Å². The maximum Gasteiger partial charge on any atom is 0.242 e. The Morgan fingerprint density at radius 3 is 2.76 bits per heavy atom. The highest BCUT2D eigenvalue weighted by Crippen LogP contribution is 2.04. The van der Waals surface area contributed by atoms with E-state index in [1.54, 1.807) is 11.8 Å². The summed E-state index contributed by atoms with van der Waals surface area (Å²) in [6, 6.07) is -0.395. The summed E-state index contributed by atoms with van der Waals surface area (Å²) in [5, 5.41) is 2.55. The van der Waals surface area contributed by atoms with Crippen molar-refractivity contribution in [2.45, 2.75) is 13.0 Å². The van der Waals surface area contributed by atoms with Crippen molar-refractivity contribution in [3.8, 4) is 0 Å². The van der Waals surface area contributed by atoms with E-state index in [0.717, 1.165) is 6.54 Å². The van der Waals surface area contributed by atoms with Gasteiger partial charge in [0.05, 0.1) is 19.8 Å². The average molecular weight is 243 g/mol. The lowest BCUT2D eigenvalue weighted by Gasteiger charge is -2.32. The smallest absolute Gasteiger partial charge is 0.242 e. The number of rotatable bonds is 6. The van der Waals surface area contributed by atoms with Crippen molar-refractivity contribution >= 4 is 11.8 Å². The number of likely N-dealkylation sites (N-methyl/N-ethyl adjacent to an activating group) is 1. The zero-order valence-corrected chi connectivity index (χ0v) is 10.7. The first-order valence-electron chi connectivity index (χ1n) is 5.82. The van der Waals surface area contributed by atoms with E-state index in [0.29, 0.717) is 19.8 Å². The van der Waals surface area contributed by atoms with Crippen LogP contribution in [0.15, 0.2) is 0 Å². The lowest BCUT2D eigenvalue weighted by atomic mass is 10.2. The molecule has 1 aliphatic heterocycles. The molecule has 1 heterocycles. The molecule has 0 radical (unpaired) electrons. The van der Waals surface area contributed by atoms with Gasteiger partial charge in [-0.3, -0.25) is 9.59 Å². The molecule has 98 valence electrons. The molecule has 1 aliphatic rings. The molecule has 0 spiro atoms. The second-order valence-electron chi connectivity index (χ2n) is 4.40. The van der Waals surface area contributed by atoms with Crippen LogP contribution >= 0.6 is 0 Å². The Bertz CT molecular complexity index is 281. The van der Waals surface area contributed by atoms with Gasteiger partial charge in [-0.2, -0.15) is 0 Å². The van der Waals surface area contributed by atoms with Crippen LogP contribution in [0.25, 0.3) is 0 Å². The van der Waals surface area contributed by atoms with Crippen molar-refractivity contribution < 1.29 is 14.3 Å². The molecule has 2 amide bonds. The number of nitrogens with one attached hydrogen (secondary N) is 1. The molecule has 1 rings (SSSR count). The van der Waals surface area contributed by atoms with E-state index in [4.69, 9.17) is 4.74 Å². The summed E-state index contributed by atoms with van der Waals surface area (Å²) in [4.78, 5) is 26.5. The highest BCUT2D eigenvalue weighted by atomic mass is 16.5. The molecule has 1 fully saturated rings. The van der Waals surface area contributed by atoms with Crippen LogP contribution < -0.4 is 5.32 Å². The summed E-state index contributed by atoms with van der Waals surface area (Å²) in [6.07, 6.45) is 0.